The fraction of sp³-hybridized carbons (Fsp3) is 0.333. The van der Waals surface area contributed by atoms with Crippen molar-refractivity contribution >= 4 is 28.8 Å². The van der Waals surface area contributed by atoms with E-state index in [1.807, 2.05) is 6.92 Å². The van der Waals surface area contributed by atoms with Crippen molar-refractivity contribution < 1.29 is 9.53 Å². The van der Waals surface area contributed by atoms with Gasteiger partial charge in [0, 0.05) is 23.9 Å². The molecule has 1 rings (SSSR count). The lowest BCUT2D eigenvalue weighted by molar-refractivity contribution is -0.119. The van der Waals surface area contributed by atoms with E-state index in [2.05, 4.69) is 10.6 Å². The van der Waals surface area contributed by atoms with E-state index < -0.39 is 0 Å². The lowest BCUT2D eigenvalue weighted by atomic mass is 10.1. The number of carbonyl (C=O) groups excluding carboxylic acids is 1. The zero-order chi connectivity index (χ0) is 13.5. The lowest BCUT2D eigenvalue weighted by Crippen LogP contribution is -2.30. The van der Waals surface area contributed by atoms with Crippen molar-refractivity contribution in [2.24, 2.45) is 5.73 Å². The van der Waals surface area contributed by atoms with E-state index in [-0.39, 0.29) is 17.4 Å². The average molecular weight is 267 g/mol. The number of thiocarbonyl (C=S) groups is 1. The summed E-state index contributed by atoms with van der Waals surface area (Å²) in [6.07, 6.45) is 0. The first kappa shape index (κ1) is 14.2. The maximum Gasteiger partial charge on any atom is 0.239 e. The van der Waals surface area contributed by atoms with Crippen LogP contribution in [0.25, 0.3) is 0 Å². The van der Waals surface area contributed by atoms with Crippen LogP contribution < -0.4 is 21.1 Å². The standard InChI is InChI=1S/C12H17N3O2S/c1-3-14-11(16)7-15-10-6-8(17-2)4-5-9(10)12(13)18/h4-6,15H,3,7H2,1-2H3,(H2,13,18)(H,14,16). The smallest absolute Gasteiger partial charge is 0.239 e. The van der Waals surface area contributed by atoms with E-state index in [9.17, 15) is 4.79 Å². The van der Waals surface area contributed by atoms with Crippen LogP contribution in [-0.2, 0) is 4.79 Å². The number of carbonyl (C=O) groups is 1. The van der Waals surface area contributed by atoms with Crippen molar-refractivity contribution in [2.45, 2.75) is 6.92 Å². The second-order valence-electron chi connectivity index (χ2n) is 3.58. The van der Waals surface area contributed by atoms with E-state index in [1.165, 1.54) is 0 Å². The summed E-state index contributed by atoms with van der Waals surface area (Å²) in [5.41, 5.74) is 7.00. The van der Waals surface area contributed by atoms with E-state index in [0.717, 1.165) is 0 Å². The maximum atomic E-state index is 11.4. The molecule has 4 N–H and O–H groups in total. The number of likely N-dealkylation sites (N-methyl/N-ethyl adjacent to an activating group) is 1. The van der Waals surface area contributed by atoms with E-state index >= 15 is 0 Å². The normalized spacial score (nSPS) is 9.67. The summed E-state index contributed by atoms with van der Waals surface area (Å²) < 4.78 is 5.12. The van der Waals surface area contributed by atoms with Crippen molar-refractivity contribution in [3.63, 3.8) is 0 Å². The Balaban J connectivity index is 2.84. The van der Waals surface area contributed by atoms with Crippen molar-refractivity contribution in [1.29, 1.82) is 0 Å². The molecule has 0 aliphatic carbocycles. The fourth-order valence-electron chi connectivity index (χ4n) is 1.45. The monoisotopic (exact) mass is 267 g/mol. The van der Waals surface area contributed by atoms with Gasteiger partial charge in [0.05, 0.1) is 13.7 Å². The topological polar surface area (TPSA) is 76.4 Å². The minimum Gasteiger partial charge on any atom is -0.497 e. The molecule has 0 radical (unpaired) electrons. The number of ether oxygens (including phenoxy) is 1. The molecule has 1 amide bonds. The molecule has 0 bridgehead atoms. The number of rotatable bonds is 6. The highest BCUT2D eigenvalue weighted by molar-refractivity contribution is 7.80. The van der Waals surface area contributed by atoms with Crippen molar-refractivity contribution in [3.05, 3.63) is 23.8 Å². The van der Waals surface area contributed by atoms with Gasteiger partial charge in [-0.15, -0.1) is 0 Å². The van der Waals surface area contributed by atoms with Gasteiger partial charge in [-0.1, -0.05) is 12.2 Å². The maximum absolute atomic E-state index is 11.4. The predicted octanol–water partition coefficient (Wildman–Crippen LogP) is 0.877. The minimum absolute atomic E-state index is 0.0887. The Hall–Kier alpha value is -1.82. The minimum atomic E-state index is -0.0887. The summed E-state index contributed by atoms with van der Waals surface area (Å²) in [7, 11) is 1.57. The van der Waals surface area contributed by atoms with Crippen molar-refractivity contribution in [1.82, 2.24) is 5.32 Å². The van der Waals surface area contributed by atoms with Gasteiger partial charge in [0.15, 0.2) is 0 Å². The zero-order valence-corrected chi connectivity index (χ0v) is 11.3. The lowest BCUT2D eigenvalue weighted by Gasteiger charge is -2.12. The summed E-state index contributed by atoms with van der Waals surface area (Å²) in [5.74, 6) is 0.586. The molecule has 0 saturated carbocycles. The highest BCUT2D eigenvalue weighted by atomic mass is 32.1. The Morgan fingerprint density at radius 2 is 2.22 bits per heavy atom. The second-order valence-corrected chi connectivity index (χ2v) is 4.02. The first-order valence-electron chi connectivity index (χ1n) is 5.57. The number of amides is 1. The first-order valence-corrected chi connectivity index (χ1v) is 5.97. The van der Waals surface area contributed by atoms with Crippen LogP contribution in [0.15, 0.2) is 18.2 Å². The Labute approximate surface area is 112 Å². The van der Waals surface area contributed by atoms with Crippen LogP contribution in [0.4, 0.5) is 5.69 Å². The number of nitrogens with one attached hydrogen (secondary N) is 2. The van der Waals surface area contributed by atoms with E-state index in [1.54, 1.807) is 25.3 Å². The quantitative estimate of drug-likeness (QED) is 0.667. The molecule has 6 heteroatoms. The van der Waals surface area contributed by atoms with Crippen LogP contribution in [0.5, 0.6) is 5.75 Å². The molecule has 0 unspecified atom stereocenters. The number of nitrogens with two attached hydrogens (primary N) is 1. The third-order valence-corrected chi connectivity index (χ3v) is 2.53. The van der Waals surface area contributed by atoms with Crippen LogP contribution >= 0.6 is 12.2 Å². The molecule has 0 fully saturated rings. The molecular weight excluding hydrogens is 250 g/mol. The van der Waals surface area contributed by atoms with Gasteiger partial charge in [-0.05, 0) is 19.1 Å². The number of benzene rings is 1. The first-order chi connectivity index (χ1) is 8.58. The van der Waals surface area contributed by atoms with Gasteiger partial charge in [-0.25, -0.2) is 0 Å². The molecule has 0 spiro atoms. The Morgan fingerprint density at radius 1 is 1.50 bits per heavy atom. The van der Waals surface area contributed by atoms with Crippen molar-refractivity contribution in [2.75, 3.05) is 25.5 Å². The molecule has 18 heavy (non-hydrogen) atoms. The van der Waals surface area contributed by atoms with Gasteiger partial charge in [-0.3, -0.25) is 4.79 Å². The molecule has 5 nitrogen and oxygen atoms in total. The number of anilines is 1. The highest BCUT2D eigenvalue weighted by Crippen LogP contribution is 2.22. The molecule has 98 valence electrons. The van der Waals surface area contributed by atoms with Crippen LogP contribution in [0.3, 0.4) is 0 Å². The Morgan fingerprint density at radius 3 is 2.78 bits per heavy atom. The highest BCUT2D eigenvalue weighted by Gasteiger charge is 2.08. The second kappa shape index (κ2) is 6.80. The molecule has 0 saturated heterocycles. The third-order valence-electron chi connectivity index (χ3n) is 2.31. The molecule has 0 atom stereocenters. The zero-order valence-electron chi connectivity index (χ0n) is 10.4. The molecule has 0 aliphatic rings. The Kier molecular flexibility index (Phi) is 5.38. The van der Waals surface area contributed by atoms with Gasteiger partial charge < -0.3 is 21.1 Å². The summed E-state index contributed by atoms with van der Waals surface area (Å²) in [6, 6.07) is 5.29. The molecule has 1 aromatic carbocycles. The van der Waals surface area contributed by atoms with Crippen LogP contribution in [0.1, 0.15) is 12.5 Å². The number of hydrogen-bond donors (Lipinski definition) is 3. The Bertz CT molecular complexity index is 449. The van der Waals surface area contributed by atoms with Crippen LogP contribution in [-0.4, -0.2) is 31.1 Å². The summed E-state index contributed by atoms with van der Waals surface area (Å²) in [4.78, 5) is 11.7. The van der Waals surface area contributed by atoms with Gasteiger partial charge in [0.1, 0.15) is 10.7 Å². The van der Waals surface area contributed by atoms with E-state index in [0.29, 0.717) is 23.5 Å². The number of hydrogen-bond acceptors (Lipinski definition) is 4. The van der Waals surface area contributed by atoms with Gasteiger partial charge >= 0.3 is 0 Å². The average Bonchev–Trinajstić information content (AvgIpc) is 2.36. The van der Waals surface area contributed by atoms with Crippen molar-refractivity contribution in [3.8, 4) is 5.75 Å². The summed E-state index contributed by atoms with van der Waals surface area (Å²) >= 11 is 4.96. The molecule has 0 heterocycles. The van der Waals surface area contributed by atoms with Crippen LogP contribution in [0, 0.1) is 0 Å². The van der Waals surface area contributed by atoms with Crippen LogP contribution in [0.2, 0.25) is 0 Å². The molecule has 0 aromatic heterocycles. The van der Waals surface area contributed by atoms with Gasteiger partial charge in [-0.2, -0.15) is 0 Å². The SMILES string of the molecule is CCNC(=O)CNc1cc(OC)ccc1C(N)=S. The number of methoxy groups -OCH3 is 1. The molecule has 1 aromatic rings. The van der Waals surface area contributed by atoms with E-state index in [4.69, 9.17) is 22.7 Å². The molecule has 0 aliphatic heterocycles. The third kappa shape index (κ3) is 3.89. The predicted molar refractivity (Wildman–Crippen MR) is 76.1 cm³/mol. The van der Waals surface area contributed by atoms with Gasteiger partial charge in [0.25, 0.3) is 0 Å². The van der Waals surface area contributed by atoms with Gasteiger partial charge in [0.2, 0.25) is 5.91 Å². The molecular formula is C12H17N3O2S. The largest absolute Gasteiger partial charge is 0.497 e. The summed E-state index contributed by atoms with van der Waals surface area (Å²) in [6.45, 7) is 2.63. The fourth-order valence-corrected chi connectivity index (χ4v) is 1.62. The summed E-state index contributed by atoms with van der Waals surface area (Å²) in [5, 5.41) is 5.69.